The maximum absolute atomic E-state index is 12.7. The maximum Gasteiger partial charge on any atom is 0.227 e. The number of amides is 1. The van der Waals surface area contributed by atoms with Crippen LogP contribution in [-0.4, -0.2) is 39.9 Å². The average Bonchev–Trinajstić information content (AvgIpc) is 3.21. The Hall–Kier alpha value is -2.21. The number of benzene rings is 1. The van der Waals surface area contributed by atoms with Crippen LogP contribution in [0.5, 0.6) is 0 Å². The Bertz CT molecular complexity index is 905. The molecule has 1 aromatic carbocycles. The average molecular weight is 430 g/mol. The summed E-state index contributed by atoms with van der Waals surface area (Å²) in [5.74, 6) is 1.42. The molecule has 0 radical (unpaired) electrons. The van der Waals surface area contributed by atoms with Crippen LogP contribution >= 0.6 is 11.6 Å². The van der Waals surface area contributed by atoms with Crippen molar-refractivity contribution in [2.45, 2.75) is 63.7 Å². The highest BCUT2D eigenvalue weighted by atomic mass is 35.5. The Morgan fingerprint density at radius 2 is 1.97 bits per heavy atom. The number of rotatable bonds is 7. The van der Waals surface area contributed by atoms with Gasteiger partial charge in [0.1, 0.15) is 5.78 Å². The van der Waals surface area contributed by atoms with E-state index in [9.17, 15) is 9.59 Å². The van der Waals surface area contributed by atoms with Gasteiger partial charge in [-0.3, -0.25) is 9.59 Å². The number of hydrogen-bond donors (Lipinski definition) is 0. The third kappa shape index (κ3) is 4.15. The van der Waals surface area contributed by atoms with E-state index in [1.165, 1.54) is 0 Å². The largest absolute Gasteiger partial charge is 0.424 e. The molecule has 160 valence electrons. The van der Waals surface area contributed by atoms with Crippen LogP contribution in [0.4, 0.5) is 0 Å². The number of piperidine rings is 1. The first-order chi connectivity index (χ1) is 14.5. The molecule has 0 spiro atoms. The molecular weight excluding hydrogens is 402 g/mol. The van der Waals surface area contributed by atoms with E-state index in [0.29, 0.717) is 42.6 Å². The third-order valence-corrected chi connectivity index (χ3v) is 6.86. The Kier molecular flexibility index (Phi) is 6.23. The minimum Gasteiger partial charge on any atom is -0.424 e. The fourth-order valence-electron chi connectivity index (χ4n) is 4.60. The van der Waals surface area contributed by atoms with Gasteiger partial charge < -0.3 is 9.32 Å². The molecule has 6 nitrogen and oxygen atoms in total. The Labute approximate surface area is 182 Å². The van der Waals surface area contributed by atoms with Crippen LogP contribution in [0.3, 0.4) is 0 Å². The van der Waals surface area contributed by atoms with Gasteiger partial charge in [-0.15, -0.1) is 10.2 Å². The molecule has 1 atom stereocenters. The van der Waals surface area contributed by atoms with Crippen molar-refractivity contribution in [1.82, 2.24) is 15.1 Å². The molecule has 7 heteroatoms. The standard InChI is InChI=1S/C23H28ClN3O3/c1-2-19(28)16-5-3-14-27(15-16)21(29)11-10-20-25-26-22(30-20)23(12-4-13-23)17-6-8-18(24)9-7-17/h6-9,16H,2-5,10-15H2,1H3/t16-/m0/s1. The number of ketones is 1. The molecule has 1 aliphatic heterocycles. The number of halogens is 1. The molecule has 2 aromatic rings. The number of aryl methyl sites for hydroxylation is 1. The normalized spacial score (nSPS) is 20.6. The van der Waals surface area contributed by atoms with E-state index in [1.807, 2.05) is 36.1 Å². The predicted molar refractivity (Wildman–Crippen MR) is 113 cm³/mol. The molecule has 1 saturated heterocycles. The van der Waals surface area contributed by atoms with Gasteiger partial charge in [-0.2, -0.15) is 0 Å². The minimum absolute atomic E-state index is 0.0134. The quantitative estimate of drug-likeness (QED) is 0.654. The lowest BCUT2D eigenvalue weighted by Gasteiger charge is -2.39. The molecule has 1 amide bonds. The van der Waals surface area contributed by atoms with E-state index in [4.69, 9.17) is 16.0 Å². The van der Waals surface area contributed by atoms with Crippen LogP contribution in [-0.2, 0) is 21.4 Å². The number of carbonyl (C=O) groups is 2. The van der Waals surface area contributed by atoms with E-state index >= 15 is 0 Å². The number of Topliss-reactive ketones (excluding diaryl/α,β-unsaturated/α-hetero) is 1. The third-order valence-electron chi connectivity index (χ3n) is 6.61. The van der Waals surface area contributed by atoms with Crippen molar-refractivity contribution in [2.75, 3.05) is 13.1 Å². The van der Waals surface area contributed by atoms with Crippen molar-refractivity contribution in [1.29, 1.82) is 0 Å². The van der Waals surface area contributed by atoms with Crippen LogP contribution in [0.2, 0.25) is 5.02 Å². The highest BCUT2D eigenvalue weighted by Gasteiger charge is 2.45. The molecule has 0 bridgehead atoms. The summed E-state index contributed by atoms with van der Waals surface area (Å²) < 4.78 is 6.01. The van der Waals surface area contributed by atoms with Gasteiger partial charge in [-0.05, 0) is 43.4 Å². The smallest absolute Gasteiger partial charge is 0.227 e. The first kappa shape index (κ1) is 21.0. The summed E-state index contributed by atoms with van der Waals surface area (Å²) in [6, 6.07) is 7.84. The van der Waals surface area contributed by atoms with Crippen molar-refractivity contribution < 1.29 is 14.0 Å². The fraction of sp³-hybridized carbons (Fsp3) is 0.565. The Morgan fingerprint density at radius 3 is 2.63 bits per heavy atom. The minimum atomic E-state index is -0.236. The lowest BCUT2D eigenvalue weighted by Crippen LogP contribution is -2.42. The first-order valence-corrected chi connectivity index (χ1v) is 11.3. The van der Waals surface area contributed by atoms with E-state index in [1.54, 1.807) is 0 Å². The van der Waals surface area contributed by atoms with Crippen LogP contribution in [0.15, 0.2) is 28.7 Å². The molecule has 2 fully saturated rings. The summed E-state index contributed by atoms with van der Waals surface area (Å²) in [5, 5.41) is 9.25. The number of hydrogen-bond acceptors (Lipinski definition) is 5. The van der Waals surface area contributed by atoms with E-state index in [0.717, 1.165) is 44.2 Å². The monoisotopic (exact) mass is 429 g/mol. The number of nitrogens with zero attached hydrogens (tertiary/aromatic N) is 3. The van der Waals surface area contributed by atoms with E-state index in [2.05, 4.69) is 10.2 Å². The topological polar surface area (TPSA) is 76.3 Å². The van der Waals surface area contributed by atoms with Gasteiger partial charge in [0.25, 0.3) is 0 Å². The molecular formula is C23H28ClN3O3. The molecule has 1 aromatic heterocycles. The van der Waals surface area contributed by atoms with Crippen molar-refractivity contribution >= 4 is 23.3 Å². The second-order valence-electron chi connectivity index (χ2n) is 8.44. The molecule has 1 saturated carbocycles. The molecule has 2 heterocycles. The lowest BCUT2D eigenvalue weighted by molar-refractivity contribution is -0.135. The van der Waals surface area contributed by atoms with Gasteiger partial charge >= 0.3 is 0 Å². The fourth-order valence-corrected chi connectivity index (χ4v) is 4.73. The van der Waals surface area contributed by atoms with Gasteiger partial charge in [0.2, 0.25) is 17.7 Å². The second-order valence-corrected chi connectivity index (χ2v) is 8.88. The highest BCUT2D eigenvalue weighted by molar-refractivity contribution is 6.30. The van der Waals surface area contributed by atoms with E-state index in [-0.39, 0.29) is 23.0 Å². The maximum atomic E-state index is 12.7. The van der Waals surface area contributed by atoms with Gasteiger partial charge in [0, 0.05) is 43.3 Å². The SMILES string of the molecule is CCC(=O)[C@H]1CCCN(C(=O)CCc2nnc(C3(c4ccc(Cl)cc4)CCC3)o2)C1. The number of aromatic nitrogens is 2. The Balaban J connectivity index is 1.38. The molecule has 0 N–H and O–H groups in total. The van der Waals surface area contributed by atoms with Crippen molar-refractivity contribution in [3.63, 3.8) is 0 Å². The Morgan fingerprint density at radius 1 is 1.20 bits per heavy atom. The summed E-state index contributed by atoms with van der Waals surface area (Å²) in [7, 11) is 0. The first-order valence-electron chi connectivity index (χ1n) is 10.9. The molecule has 30 heavy (non-hydrogen) atoms. The van der Waals surface area contributed by atoms with Crippen molar-refractivity contribution in [2.24, 2.45) is 5.92 Å². The number of likely N-dealkylation sites (tertiary alicyclic amines) is 1. The van der Waals surface area contributed by atoms with Gasteiger partial charge in [0.05, 0.1) is 5.41 Å². The lowest BCUT2D eigenvalue weighted by atomic mass is 9.64. The summed E-state index contributed by atoms with van der Waals surface area (Å²) in [4.78, 5) is 26.5. The zero-order chi connectivity index (χ0) is 21.1. The van der Waals surface area contributed by atoms with Crippen LogP contribution < -0.4 is 0 Å². The molecule has 4 rings (SSSR count). The van der Waals surface area contributed by atoms with Crippen LogP contribution in [0, 0.1) is 5.92 Å². The van der Waals surface area contributed by atoms with Crippen molar-refractivity contribution in [3.8, 4) is 0 Å². The zero-order valence-electron chi connectivity index (χ0n) is 17.4. The number of carbonyl (C=O) groups excluding carboxylic acids is 2. The summed E-state index contributed by atoms with van der Waals surface area (Å²) >= 11 is 6.04. The van der Waals surface area contributed by atoms with Crippen LogP contribution in [0.25, 0.3) is 0 Å². The summed E-state index contributed by atoms with van der Waals surface area (Å²) in [5.41, 5.74) is 0.907. The molecule has 1 aliphatic carbocycles. The highest BCUT2D eigenvalue weighted by Crippen LogP contribution is 2.48. The summed E-state index contributed by atoms with van der Waals surface area (Å²) in [6.07, 6.45) is 6.10. The van der Waals surface area contributed by atoms with Crippen molar-refractivity contribution in [3.05, 3.63) is 46.6 Å². The van der Waals surface area contributed by atoms with Gasteiger partial charge in [-0.1, -0.05) is 37.1 Å². The summed E-state index contributed by atoms with van der Waals surface area (Å²) in [6.45, 7) is 3.15. The second kappa shape index (κ2) is 8.88. The van der Waals surface area contributed by atoms with E-state index < -0.39 is 0 Å². The molecule has 0 unspecified atom stereocenters. The van der Waals surface area contributed by atoms with Gasteiger partial charge in [-0.25, -0.2) is 0 Å². The van der Waals surface area contributed by atoms with Gasteiger partial charge in [0.15, 0.2) is 0 Å². The van der Waals surface area contributed by atoms with Crippen LogP contribution in [0.1, 0.15) is 69.2 Å². The molecule has 2 aliphatic rings. The predicted octanol–water partition coefficient (Wildman–Crippen LogP) is 4.34. The zero-order valence-corrected chi connectivity index (χ0v) is 18.2.